The molecule has 1 aromatic carbocycles. The van der Waals surface area contributed by atoms with Gasteiger partial charge in [-0.25, -0.2) is 14.4 Å². The zero-order chi connectivity index (χ0) is 37.8. The summed E-state index contributed by atoms with van der Waals surface area (Å²) in [6.45, 7) is 19.9. The maximum atomic E-state index is 13.3. The van der Waals surface area contributed by atoms with Gasteiger partial charge in [-0.2, -0.15) is 4.57 Å². The molecule has 282 valence electrons. The highest BCUT2D eigenvalue weighted by atomic mass is 16.6. The number of ether oxygens (including phenoxy) is 3. The van der Waals surface area contributed by atoms with Gasteiger partial charge in [0.25, 0.3) is 5.91 Å². The van der Waals surface area contributed by atoms with Crippen LogP contribution in [0.5, 0.6) is 0 Å². The molecule has 0 saturated carbocycles. The van der Waals surface area contributed by atoms with Crippen LogP contribution in [0.15, 0.2) is 54.9 Å². The predicted octanol–water partition coefficient (Wildman–Crippen LogP) is 4.78. The lowest BCUT2D eigenvalue weighted by Gasteiger charge is -2.35. The van der Waals surface area contributed by atoms with E-state index in [0.717, 1.165) is 5.56 Å². The van der Waals surface area contributed by atoms with E-state index in [0.29, 0.717) is 51.4 Å². The summed E-state index contributed by atoms with van der Waals surface area (Å²) < 4.78 is 19.1. The number of aromatic nitrogens is 1. The van der Waals surface area contributed by atoms with Crippen molar-refractivity contribution in [2.75, 3.05) is 65.4 Å². The van der Waals surface area contributed by atoms with Crippen LogP contribution >= 0.6 is 0 Å². The number of carbonyl (C=O) groups is 4. The highest BCUT2D eigenvalue weighted by Crippen LogP contribution is 2.15. The molecule has 1 saturated heterocycles. The Hall–Kier alpha value is -4.39. The maximum absolute atomic E-state index is 13.3. The summed E-state index contributed by atoms with van der Waals surface area (Å²) in [6.07, 6.45) is 2.26. The average Bonchev–Trinajstić information content (AvgIpc) is 3.00. The van der Waals surface area contributed by atoms with Crippen molar-refractivity contribution < 1.29 is 38.0 Å². The quantitative estimate of drug-likeness (QED) is 0.336. The molecule has 1 fully saturated rings. The van der Waals surface area contributed by atoms with E-state index in [1.54, 1.807) is 36.6 Å². The van der Waals surface area contributed by atoms with Crippen LogP contribution < -0.4 is 9.88 Å². The summed E-state index contributed by atoms with van der Waals surface area (Å²) in [5.41, 5.74) is -0.464. The molecule has 0 unspecified atom stereocenters. The molecule has 2 aromatic rings. The van der Waals surface area contributed by atoms with Gasteiger partial charge in [0.2, 0.25) is 0 Å². The van der Waals surface area contributed by atoms with Crippen molar-refractivity contribution >= 4 is 24.2 Å². The van der Waals surface area contributed by atoms with Crippen molar-refractivity contribution in [3.05, 3.63) is 66.0 Å². The summed E-state index contributed by atoms with van der Waals surface area (Å²) in [5.74, 6) is -0.195. The third kappa shape index (κ3) is 15.6. The second-order valence-electron chi connectivity index (χ2n) is 15.8. The van der Waals surface area contributed by atoms with E-state index in [4.69, 9.17) is 14.2 Å². The van der Waals surface area contributed by atoms with Gasteiger partial charge in [-0.05, 0) is 68.4 Å². The van der Waals surface area contributed by atoms with Crippen LogP contribution in [0.3, 0.4) is 0 Å². The monoisotopic (exact) mass is 711 g/mol. The number of carbonyl (C=O) groups excluding carboxylic acids is 4. The minimum atomic E-state index is -0.726. The minimum absolute atomic E-state index is 0.174. The van der Waals surface area contributed by atoms with Crippen LogP contribution in [0.1, 0.15) is 78.2 Å². The van der Waals surface area contributed by atoms with E-state index in [1.807, 2.05) is 94.9 Å². The smallest absolute Gasteiger partial charge is 0.410 e. The third-order valence-electron chi connectivity index (χ3n) is 7.65. The van der Waals surface area contributed by atoms with Gasteiger partial charge in [0, 0.05) is 77.1 Å². The zero-order valence-electron chi connectivity index (χ0n) is 32.1. The van der Waals surface area contributed by atoms with Crippen molar-refractivity contribution in [3.8, 4) is 0 Å². The molecule has 2 heterocycles. The van der Waals surface area contributed by atoms with Crippen LogP contribution in [0.2, 0.25) is 0 Å². The lowest BCUT2D eigenvalue weighted by Crippen LogP contribution is -2.52. The number of benzene rings is 1. The molecule has 13 nitrogen and oxygen atoms in total. The van der Waals surface area contributed by atoms with Gasteiger partial charge < -0.3 is 34.2 Å². The van der Waals surface area contributed by atoms with Crippen LogP contribution in [0.25, 0.3) is 0 Å². The van der Waals surface area contributed by atoms with E-state index >= 15 is 0 Å². The molecule has 0 aliphatic carbocycles. The molecule has 13 heteroatoms. The van der Waals surface area contributed by atoms with Gasteiger partial charge in [-0.3, -0.25) is 9.69 Å². The molecule has 4 amide bonds. The van der Waals surface area contributed by atoms with Gasteiger partial charge >= 0.3 is 18.3 Å². The molecule has 1 aliphatic rings. The Balaban J connectivity index is 1.77. The highest BCUT2D eigenvalue weighted by Gasteiger charge is 2.29. The normalized spacial score (nSPS) is 15.7. The Morgan fingerprint density at radius 1 is 0.627 bits per heavy atom. The second kappa shape index (κ2) is 18.2. The van der Waals surface area contributed by atoms with Crippen molar-refractivity contribution in [1.29, 1.82) is 0 Å². The first-order chi connectivity index (χ1) is 23.8. The van der Waals surface area contributed by atoms with Crippen LogP contribution in [0.4, 0.5) is 14.4 Å². The SMILES string of the molecule is CC(C)(C)OC(=O)N1CCN(CCNC(=O)c2ccc[n+](Cc3ccccc3)c2)CCN(C(=O)OC(C)(C)C)CCN(C(=O)OC(C)(C)C)CC1. The number of amides is 4. The van der Waals surface area contributed by atoms with Gasteiger partial charge in [0.05, 0.1) is 0 Å². The first kappa shape index (κ1) is 41.0. The van der Waals surface area contributed by atoms with Gasteiger partial charge in [-0.15, -0.1) is 0 Å². The molecule has 0 radical (unpaired) electrons. The molecule has 0 bridgehead atoms. The van der Waals surface area contributed by atoms with Crippen LogP contribution in [-0.4, -0.2) is 126 Å². The molecule has 1 N–H and O–H groups in total. The Bertz CT molecular complexity index is 1410. The fraction of sp³-hybridized carbons (Fsp3) is 0.605. The zero-order valence-corrected chi connectivity index (χ0v) is 32.1. The fourth-order valence-electron chi connectivity index (χ4n) is 5.18. The van der Waals surface area contributed by atoms with E-state index in [1.165, 1.54) is 4.90 Å². The molecule has 3 rings (SSSR count). The first-order valence-corrected chi connectivity index (χ1v) is 17.8. The summed E-state index contributed by atoms with van der Waals surface area (Å²) in [5, 5.41) is 3.03. The van der Waals surface area contributed by atoms with E-state index in [2.05, 4.69) is 10.2 Å². The number of pyridine rings is 1. The number of nitrogens with one attached hydrogen (secondary N) is 1. The molecule has 51 heavy (non-hydrogen) atoms. The molecule has 0 atom stereocenters. The molecule has 1 aromatic heterocycles. The average molecular weight is 712 g/mol. The van der Waals surface area contributed by atoms with Gasteiger partial charge in [0.1, 0.15) is 22.4 Å². The van der Waals surface area contributed by atoms with Gasteiger partial charge in [-0.1, -0.05) is 30.3 Å². The Morgan fingerprint density at radius 3 is 1.49 bits per heavy atom. The number of nitrogens with zero attached hydrogens (tertiary/aromatic N) is 5. The molecular formula is C38H59N6O7+. The Labute approximate surface area is 303 Å². The summed E-state index contributed by atoms with van der Waals surface area (Å²) >= 11 is 0. The highest BCUT2D eigenvalue weighted by molar-refractivity contribution is 5.93. The van der Waals surface area contributed by atoms with E-state index in [9.17, 15) is 19.2 Å². The topological polar surface area (TPSA) is 125 Å². The van der Waals surface area contributed by atoms with Crippen molar-refractivity contribution in [3.63, 3.8) is 0 Å². The van der Waals surface area contributed by atoms with E-state index in [-0.39, 0.29) is 32.1 Å². The second-order valence-corrected chi connectivity index (χ2v) is 15.8. The largest absolute Gasteiger partial charge is 0.444 e. The number of hydrogen-bond donors (Lipinski definition) is 1. The lowest BCUT2D eigenvalue weighted by atomic mass is 10.2. The first-order valence-electron chi connectivity index (χ1n) is 17.8. The van der Waals surface area contributed by atoms with Crippen molar-refractivity contribution in [2.45, 2.75) is 85.7 Å². The van der Waals surface area contributed by atoms with Crippen molar-refractivity contribution in [1.82, 2.24) is 24.9 Å². The summed E-state index contributed by atoms with van der Waals surface area (Å²) in [6, 6.07) is 13.7. The van der Waals surface area contributed by atoms with Crippen molar-refractivity contribution in [2.24, 2.45) is 0 Å². The number of rotatable bonds is 6. The summed E-state index contributed by atoms with van der Waals surface area (Å²) in [7, 11) is 0. The molecule has 1 aliphatic heterocycles. The fourth-order valence-corrected chi connectivity index (χ4v) is 5.18. The maximum Gasteiger partial charge on any atom is 0.410 e. The van der Waals surface area contributed by atoms with Crippen LogP contribution in [-0.2, 0) is 20.8 Å². The standard InChI is InChI=1S/C38H58N6O7/c1-36(2,3)49-33(46)42-22-20-40(19-17-39-32(45)31-16-13-18-41(29-31)28-30-14-11-10-12-15-30)21-23-43(34(47)50-37(4,5)6)25-27-44(26-24-42)35(48)51-38(7,8)9/h10-16,18,29H,17,19-28H2,1-9H3/p+1. The molecular weight excluding hydrogens is 652 g/mol. The lowest BCUT2D eigenvalue weighted by molar-refractivity contribution is -0.688. The minimum Gasteiger partial charge on any atom is -0.444 e. The predicted molar refractivity (Wildman–Crippen MR) is 194 cm³/mol. The summed E-state index contributed by atoms with van der Waals surface area (Å²) in [4.78, 5) is 59.9. The Morgan fingerprint density at radius 2 is 1.06 bits per heavy atom. The van der Waals surface area contributed by atoms with Gasteiger partial charge in [0.15, 0.2) is 18.9 Å². The molecule has 0 spiro atoms. The number of hydrogen-bond acceptors (Lipinski definition) is 8. The van der Waals surface area contributed by atoms with E-state index < -0.39 is 35.1 Å². The van der Waals surface area contributed by atoms with Crippen LogP contribution in [0, 0.1) is 0 Å². The Kier molecular flexibility index (Phi) is 14.6. The third-order valence-corrected chi connectivity index (χ3v) is 7.65.